The van der Waals surface area contributed by atoms with Crippen LogP contribution in [-0.2, 0) is 13.1 Å². The number of aryl methyl sites for hydroxylation is 1. The smallest absolute Gasteiger partial charge is 0.253 e. The monoisotopic (exact) mass is 344 g/mol. The van der Waals surface area contributed by atoms with E-state index < -0.39 is 0 Å². The highest BCUT2D eigenvalue weighted by Gasteiger charge is 2.26. The molecule has 0 atom stereocenters. The molecule has 0 radical (unpaired) electrons. The van der Waals surface area contributed by atoms with Gasteiger partial charge in [-0.25, -0.2) is 9.97 Å². The molecule has 1 aliphatic carbocycles. The third-order valence-corrected chi connectivity index (χ3v) is 5.93. The van der Waals surface area contributed by atoms with Gasteiger partial charge in [0.05, 0.1) is 22.7 Å². The van der Waals surface area contributed by atoms with Crippen molar-refractivity contribution < 1.29 is 0 Å². The Bertz CT molecular complexity index is 756. The van der Waals surface area contributed by atoms with Crippen molar-refractivity contribution in [1.82, 2.24) is 19.4 Å². The minimum Gasteiger partial charge on any atom is -0.299 e. The van der Waals surface area contributed by atoms with E-state index in [1.165, 1.54) is 18.5 Å². The first-order valence-electron chi connectivity index (χ1n) is 8.87. The quantitative estimate of drug-likeness (QED) is 0.837. The molecule has 0 unspecified atom stereocenters. The Morgan fingerprint density at radius 2 is 2.04 bits per heavy atom. The highest BCUT2D eigenvalue weighted by molar-refractivity contribution is 7.09. The summed E-state index contributed by atoms with van der Waals surface area (Å²) in [6.45, 7) is 5.99. The molecule has 1 saturated carbocycles. The normalized spacial score (nSPS) is 19.7. The van der Waals surface area contributed by atoms with E-state index in [4.69, 9.17) is 0 Å². The Kier molecular flexibility index (Phi) is 4.50. The van der Waals surface area contributed by atoms with E-state index >= 15 is 0 Å². The average molecular weight is 344 g/mol. The summed E-state index contributed by atoms with van der Waals surface area (Å²) >= 11 is 1.72. The van der Waals surface area contributed by atoms with E-state index in [2.05, 4.69) is 27.2 Å². The molecule has 3 heterocycles. The Morgan fingerprint density at radius 1 is 1.25 bits per heavy atom. The molecule has 2 aliphatic rings. The van der Waals surface area contributed by atoms with Crippen molar-refractivity contribution in [2.75, 3.05) is 13.1 Å². The number of thiazole rings is 1. The molecule has 0 N–H and O–H groups in total. The summed E-state index contributed by atoms with van der Waals surface area (Å²) in [4.78, 5) is 23.8. The molecule has 6 heteroatoms. The van der Waals surface area contributed by atoms with Gasteiger partial charge in [-0.2, -0.15) is 0 Å². The molecule has 0 spiro atoms. The molecule has 2 aromatic heterocycles. The third-order valence-electron chi connectivity index (χ3n) is 5.11. The maximum absolute atomic E-state index is 12.3. The van der Waals surface area contributed by atoms with Gasteiger partial charge >= 0.3 is 0 Å². The zero-order valence-corrected chi connectivity index (χ0v) is 15.0. The zero-order valence-electron chi connectivity index (χ0n) is 14.1. The summed E-state index contributed by atoms with van der Waals surface area (Å²) in [7, 11) is 0. The van der Waals surface area contributed by atoms with E-state index in [1.807, 2.05) is 0 Å². The molecule has 0 bridgehead atoms. The highest BCUT2D eigenvalue weighted by Crippen LogP contribution is 2.38. The second-order valence-electron chi connectivity index (χ2n) is 7.16. The van der Waals surface area contributed by atoms with Crippen molar-refractivity contribution in [3.8, 4) is 0 Å². The van der Waals surface area contributed by atoms with Crippen LogP contribution in [0, 0.1) is 12.8 Å². The van der Waals surface area contributed by atoms with Crippen molar-refractivity contribution in [2.24, 2.45) is 5.92 Å². The van der Waals surface area contributed by atoms with Gasteiger partial charge in [0.15, 0.2) is 0 Å². The van der Waals surface area contributed by atoms with Crippen molar-refractivity contribution >= 4 is 11.3 Å². The van der Waals surface area contributed by atoms with Crippen LogP contribution < -0.4 is 5.56 Å². The Balaban J connectivity index is 1.30. The second-order valence-corrected chi connectivity index (χ2v) is 8.22. The largest absolute Gasteiger partial charge is 0.299 e. The fourth-order valence-electron chi connectivity index (χ4n) is 3.49. The molecule has 2 fully saturated rings. The van der Waals surface area contributed by atoms with Crippen LogP contribution in [-0.4, -0.2) is 32.5 Å². The molecular weight excluding hydrogens is 320 g/mol. The van der Waals surface area contributed by atoms with E-state index in [0.717, 1.165) is 49.7 Å². The standard InChI is InChI=1S/C18H24N4OS/c1-13-20-16(11-24-13)10-21-6-4-14(5-7-21)9-22-12-19-17(8-18(22)23)15-2-3-15/h8,11-12,14-15H,2-7,9-10H2,1H3. The summed E-state index contributed by atoms with van der Waals surface area (Å²) in [6.07, 6.45) is 6.42. The number of rotatable bonds is 5. The van der Waals surface area contributed by atoms with Crippen LogP contribution in [0.15, 0.2) is 22.6 Å². The van der Waals surface area contributed by atoms with E-state index in [1.54, 1.807) is 28.3 Å². The molecule has 5 nitrogen and oxygen atoms in total. The van der Waals surface area contributed by atoms with Gasteiger partial charge in [-0.05, 0) is 51.6 Å². The van der Waals surface area contributed by atoms with Crippen LogP contribution in [0.25, 0.3) is 0 Å². The van der Waals surface area contributed by atoms with Crippen LogP contribution in [0.3, 0.4) is 0 Å². The number of nitrogens with zero attached hydrogens (tertiary/aromatic N) is 4. The van der Waals surface area contributed by atoms with Crippen LogP contribution in [0.1, 0.15) is 48.0 Å². The summed E-state index contributed by atoms with van der Waals surface area (Å²) in [5, 5.41) is 3.30. The van der Waals surface area contributed by atoms with Crippen LogP contribution in [0.2, 0.25) is 0 Å². The molecule has 4 rings (SSSR count). The van der Waals surface area contributed by atoms with E-state index in [9.17, 15) is 4.79 Å². The molecule has 0 amide bonds. The van der Waals surface area contributed by atoms with Crippen LogP contribution in [0.4, 0.5) is 0 Å². The van der Waals surface area contributed by atoms with Gasteiger partial charge in [0.1, 0.15) is 0 Å². The summed E-state index contributed by atoms with van der Waals surface area (Å²) in [6, 6.07) is 1.75. The average Bonchev–Trinajstić information content (AvgIpc) is 3.34. The fourth-order valence-corrected chi connectivity index (χ4v) is 4.10. The second kappa shape index (κ2) is 6.76. The predicted octanol–water partition coefficient (Wildman–Crippen LogP) is 2.80. The van der Waals surface area contributed by atoms with Gasteiger partial charge in [0.2, 0.25) is 0 Å². The maximum Gasteiger partial charge on any atom is 0.253 e. The van der Waals surface area contributed by atoms with Crippen molar-refractivity contribution in [1.29, 1.82) is 0 Å². The minimum atomic E-state index is 0.118. The minimum absolute atomic E-state index is 0.118. The summed E-state index contributed by atoms with van der Waals surface area (Å²) < 4.78 is 1.80. The molecule has 24 heavy (non-hydrogen) atoms. The van der Waals surface area contributed by atoms with E-state index in [0.29, 0.717) is 11.8 Å². The van der Waals surface area contributed by atoms with Crippen molar-refractivity contribution in [2.45, 2.75) is 51.6 Å². The SMILES string of the molecule is Cc1nc(CN2CCC(Cn3cnc(C4CC4)cc3=O)CC2)cs1. The number of likely N-dealkylation sites (tertiary alicyclic amines) is 1. The van der Waals surface area contributed by atoms with Gasteiger partial charge in [-0.1, -0.05) is 0 Å². The highest BCUT2D eigenvalue weighted by atomic mass is 32.1. The lowest BCUT2D eigenvalue weighted by Gasteiger charge is -2.31. The summed E-state index contributed by atoms with van der Waals surface area (Å²) in [5.41, 5.74) is 2.30. The molecule has 1 saturated heterocycles. The Labute approximate surface area is 146 Å². The third kappa shape index (κ3) is 3.75. The number of hydrogen-bond acceptors (Lipinski definition) is 5. The van der Waals surface area contributed by atoms with Crippen molar-refractivity contribution in [3.63, 3.8) is 0 Å². The molecule has 1 aliphatic heterocycles. The van der Waals surface area contributed by atoms with Gasteiger partial charge in [-0.15, -0.1) is 11.3 Å². The Morgan fingerprint density at radius 3 is 2.67 bits per heavy atom. The molecular formula is C18H24N4OS. The molecule has 128 valence electrons. The number of aromatic nitrogens is 3. The lowest BCUT2D eigenvalue weighted by Crippen LogP contribution is -2.36. The maximum atomic E-state index is 12.3. The predicted molar refractivity (Wildman–Crippen MR) is 95.3 cm³/mol. The first kappa shape index (κ1) is 16.0. The number of piperidine rings is 1. The lowest BCUT2D eigenvalue weighted by atomic mass is 9.96. The summed E-state index contributed by atoms with van der Waals surface area (Å²) in [5.74, 6) is 1.12. The molecule has 2 aromatic rings. The van der Waals surface area contributed by atoms with Gasteiger partial charge in [0, 0.05) is 30.5 Å². The molecule has 0 aromatic carbocycles. The van der Waals surface area contributed by atoms with Crippen LogP contribution in [0.5, 0.6) is 0 Å². The Hall–Kier alpha value is -1.53. The van der Waals surface area contributed by atoms with Gasteiger partial charge < -0.3 is 0 Å². The van der Waals surface area contributed by atoms with E-state index in [-0.39, 0.29) is 5.56 Å². The first-order valence-corrected chi connectivity index (χ1v) is 9.75. The lowest BCUT2D eigenvalue weighted by molar-refractivity contribution is 0.165. The number of hydrogen-bond donors (Lipinski definition) is 0. The first-order chi connectivity index (χ1) is 11.7. The fraction of sp³-hybridized carbons (Fsp3) is 0.611. The topological polar surface area (TPSA) is 51.0 Å². The van der Waals surface area contributed by atoms with Gasteiger partial charge in [-0.3, -0.25) is 14.3 Å². The van der Waals surface area contributed by atoms with Crippen molar-refractivity contribution in [3.05, 3.63) is 44.5 Å². The zero-order chi connectivity index (χ0) is 16.5. The van der Waals surface area contributed by atoms with Crippen LogP contribution >= 0.6 is 11.3 Å². The van der Waals surface area contributed by atoms with Gasteiger partial charge in [0.25, 0.3) is 5.56 Å².